The number of carbonyl (C=O) groups is 1. The molecule has 43 heavy (non-hydrogen) atoms. The van der Waals surface area contributed by atoms with Crippen LogP contribution in [0.2, 0.25) is 0 Å². The summed E-state index contributed by atoms with van der Waals surface area (Å²) in [6.07, 6.45) is -2.33. The van der Waals surface area contributed by atoms with Crippen LogP contribution in [0.5, 0.6) is 0 Å². The Morgan fingerprint density at radius 2 is 1.88 bits per heavy atom. The highest BCUT2D eigenvalue weighted by Gasteiger charge is 2.30. The molecule has 2 aromatic heterocycles. The van der Waals surface area contributed by atoms with Gasteiger partial charge < -0.3 is 5.11 Å². The van der Waals surface area contributed by atoms with Crippen molar-refractivity contribution in [1.29, 1.82) is 0 Å². The zero-order valence-electron chi connectivity index (χ0n) is 22.7. The number of hydrogen-bond acceptors (Lipinski definition) is 6. The van der Waals surface area contributed by atoms with Gasteiger partial charge in [-0.3, -0.25) is 0 Å². The largest absolute Gasteiger partial charge is 0.476 e. The highest BCUT2D eigenvalue weighted by molar-refractivity contribution is 7.89. The molecule has 5 rings (SSSR count). The highest BCUT2D eigenvalue weighted by Crippen LogP contribution is 2.38. The number of thiazole rings is 1. The first kappa shape index (κ1) is 31.1. The van der Waals surface area contributed by atoms with Crippen LogP contribution in [0.3, 0.4) is 0 Å². The summed E-state index contributed by atoms with van der Waals surface area (Å²) in [4.78, 5) is 15.8. The van der Waals surface area contributed by atoms with Gasteiger partial charge in [-0.05, 0) is 79.8 Å². The molecule has 0 radical (unpaired) electrons. The highest BCUT2D eigenvalue weighted by atomic mass is 32.2. The molecule has 1 unspecified atom stereocenters. The quantitative estimate of drug-likeness (QED) is 0.0865. The Hall–Kier alpha value is -3.33. The number of aromatic carboxylic acids is 1. The summed E-state index contributed by atoms with van der Waals surface area (Å²) < 4.78 is 78.7. The first-order chi connectivity index (χ1) is 20.4. The van der Waals surface area contributed by atoms with E-state index in [-0.39, 0.29) is 41.8 Å². The Kier molecular flexibility index (Phi) is 9.20. The van der Waals surface area contributed by atoms with Crippen molar-refractivity contribution in [3.63, 3.8) is 0 Å². The number of hydrogen-bond donors (Lipinski definition) is 3. The molecule has 1 saturated carbocycles. The van der Waals surface area contributed by atoms with Gasteiger partial charge in [0.1, 0.15) is 5.82 Å². The first-order valence-corrected chi connectivity index (χ1v) is 15.6. The minimum Gasteiger partial charge on any atom is -0.476 e. The summed E-state index contributed by atoms with van der Waals surface area (Å²) in [5, 5.41) is 21.5. The number of nitrogens with zero attached hydrogens (tertiary/aromatic N) is 3. The SMILES string of the molecule is N[S+](O)c1ccc(Cc2c(-c3ccc(F)c(CCCCC(F)(F)F)c3)nn(-c3nc(C(=O)O)cs3)c2CC2CC2)cc1F. The van der Waals surface area contributed by atoms with Crippen LogP contribution in [0.4, 0.5) is 22.0 Å². The lowest BCUT2D eigenvalue weighted by Gasteiger charge is -2.10. The molecule has 2 aromatic carbocycles. The van der Waals surface area contributed by atoms with E-state index in [0.717, 1.165) is 29.9 Å². The van der Waals surface area contributed by atoms with Crippen LogP contribution in [-0.4, -0.2) is 36.6 Å². The molecule has 0 amide bonds. The molecule has 2 heterocycles. The van der Waals surface area contributed by atoms with E-state index in [4.69, 9.17) is 10.2 Å². The number of rotatable bonds is 12. The average molecular weight is 640 g/mol. The minimum absolute atomic E-state index is 0.0319. The summed E-state index contributed by atoms with van der Waals surface area (Å²) >= 11 is -0.663. The molecule has 0 bridgehead atoms. The lowest BCUT2D eigenvalue weighted by Crippen LogP contribution is -2.13. The molecule has 14 heteroatoms. The normalized spacial score (nSPS) is 14.3. The third kappa shape index (κ3) is 7.61. The van der Waals surface area contributed by atoms with Gasteiger partial charge >= 0.3 is 12.1 Å². The number of unbranched alkanes of at least 4 members (excludes halogenated alkanes) is 1. The maximum atomic E-state index is 14.8. The summed E-state index contributed by atoms with van der Waals surface area (Å²) in [6, 6.07) is 8.69. The molecule has 1 atom stereocenters. The molecule has 4 aromatic rings. The van der Waals surface area contributed by atoms with Gasteiger partial charge in [0.15, 0.2) is 11.5 Å². The first-order valence-electron chi connectivity index (χ1n) is 13.5. The van der Waals surface area contributed by atoms with Crippen molar-refractivity contribution in [3.8, 4) is 16.4 Å². The van der Waals surface area contributed by atoms with Gasteiger partial charge in [0.2, 0.25) is 10.0 Å². The van der Waals surface area contributed by atoms with Crippen LogP contribution >= 0.6 is 11.3 Å². The molecule has 0 aliphatic heterocycles. The Morgan fingerprint density at radius 1 is 1.12 bits per heavy atom. The van der Waals surface area contributed by atoms with Gasteiger partial charge in [-0.25, -0.2) is 23.2 Å². The second kappa shape index (κ2) is 12.7. The molecule has 228 valence electrons. The standard InChI is InChI=1S/C29H27F5N4O3S2/c30-21-8-7-19(14-18(21)3-1-2-10-29(32,33)34)26-20(11-17-6-9-25(43(35)41)22(31)12-17)24(13-16-4-5-16)38(37-26)28-36-23(15-42-28)27(39)40/h6-9,12,14-16,41H,1-5,10-11,13,35H2/p+1. The molecular weight excluding hydrogens is 611 g/mol. The Labute approximate surface area is 250 Å². The number of carboxylic acid groups (broad SMARTS) is 1. The molecule has 1 aliphatic carbocycles. The van der Waals surface area contributed by atoms with E-state index in [9.17, 15) is 36.4 Å². The Morgan fingerprint density at radius 3 is 2.51 bits per heavy atom. The topological polar surface area (TPSA) is 114 Å². The van der Waals surface area contributed by atoms with Crippen molar-refractivity contribution in [2.45, 2.75) is 62.4 Å². The van der Waals surface area contributed by atoms with Crippen LogP contribution < -0.4 is 5.14 Å². The number of nitrogens with two attached hydrogens (primary N) is 1. The summed E-state index contributed by atoms with van der Waals surface area (Å²) in [6.45, 7) is 0. The number of alkyl halides is 3. The third-order valence-electron chi connectivity index (χ3n) is 7.24. The van der Waals surface area contributed by atoms with E-state index in [1.807, 2.05) is 0 Å². The van der Waals surface area contributed by atoms with Gasteiger partial charge in [0.25, 0.3) is 11.4 Å². The average Bonchev–Trinajstić information content (AvgIpc) is 3.49. The number of aryl methyl sites for hydroxylation is 1. The Balaban J connectivity index is 1.59. The van der Waals surface area contributed by atoms with Crippen molar-refractivity contribution >= 4 is 28.7 Å². The minimum atomic E-state index is -4.28. The van der Waals surface area contributed by atoms with Gasteiger partial charge in [0.05, 0.1) is 11.4 Å². The van der Waals surface area contributed by atoms with Crippen LogP contribution in [-0.2, 0) is 30.6 Å². The molecule has 7 nitrogen and oxygen atoms in total. The third-order valence-corrected chi connectivity index (χ3v) is 8.84. The fourth-order valence-corrected chi connectivity index (χ4v) is 6.15. The molecule has 1 fully saturated rings. The van der Waals surface area contributed by atoms with Crippen molar-refractivity contribution in [2.75, 3.05) is 0 Å². The molecule has 0 spiro atoms. The molecule has 4 N–H and O–H groups in total. The zero-order chi connectivity index (χ0) is 30.9. The monoisotopic (exact) mass is 639 g/mol. The van der Waals surface area contributed by atoms with Crippen LogP contribution in [0.15, 0.2) is 46.7 Å². The predicted molar refractivity (Wildman–Crippen MR) is 153 cm³/mol. The van der Waals surface area contributed by atoms with Crippen molar-refractivity contribution in [3.05, 3.63) is 81.5 Å². The van der Waals surface area contributed by atoms with Crippen LogP contribution in [0, 0.1) is 17.6 Å². The zero-order valence-corrected chi connectivity index (χ0v) is 24.3. The van der Waals surface area contributed by atoms with Crippen molar-refractivity contribution in [1.82, 2.24) is 14.8 Å². The van der Waals surface area contributed by atoms with E-state index in [1.54, 1.807) is 16.8 Å². The smallest absolute Gasteiger partial charge is 0.389 e. The van der Waals surface area contributed by atoms with E-state index >= 15 is 0 Å². The van der Waals surface area contributed by atoms with Crippen molar-refractivity contribution in [2.24, 2.45) is 11.1 Å². The molecule has 0 saturated heterocycles. The summed E-state index contributed by atoms with van der Waals surface area (Å²) in [7, 11) is 0. The molecule has 1 aliphatic rings. The van der Waals surface area contributed by atoms with Gasteiger partial charge in [-0.15, -0.1) is 16.5 Å². The number of benzene rings is 2. The van der Waals surface area contributed by atoms with E-state index in [0.29, 0.717) is 39.9 Å². The van der Waals surface area contributed by atoms with E-state index in [2.05, 4.69) is 4.98 Å². The lowest BCUT2D eigenvalue weighted by molar-refractivity contribution is -0.135. The van der Waals surface area contributed by atoms with Gasteiger partial charge in [0, 0.05) is 35.4 Å². The van der Waals surface area contributed by atoms with Gasteiger partial charge in [-0.2, -0.15) is 22.8 Å². The Bertz CT molecular complexity index is 1630. The lowest BCUT2D eigenvalue weighted by atomic mass is 9.95. The van der Waals surface area contributed by atoms with Crippen LogP contribution in [0.1, 0.15) is 65.0 Å². The maximum Gasteiger partial charge on any atom is 0.389 e. The fourth-order valence-electron chi connectivity index (χ4n) is 4.91. The summed E-state index contributed by atoms with van der Waals surface area (Å²) in [5.41, 5.74) is 3.09. The maximum absolute atomic E-state index is 14.8. The predicted octanol–water partition coefficient (Wildman–Crippen LogP) is 7.11. The molecular formula is C29H28F5N4O3S2+. The second-order valence-electron chi connectivity index (χ2n) is 10.5. The van der Waals surface area contributed by atoms with E-state index in [1.165, 1.54) is 29.6 Å². The fraction of sp³-hybridized carbons (Fsp3) is 0.345. The summed E-state index contributed by atoms with van der Waals surface area (Å²) in [5.74, 6) is -2.03. The second-order valence-corrected chi connectivity index (χ2v) is 12.4. The number of carboxylic acids is 1. The van der Waals surface area contributed by atoms with Crippen molar-refractivity contribution < 1.29 is 36.4 Å². The number of halogens is 5. The van der Waals surface area contributed by atoms with E-state index < -0.39 is 41.6 Å². The number of aromatic nitrogens is 3. The van der Waals surface area contributed by atoms with Crippen LogP contribution in [0.25, 0.3) is 16.4 Å². The van der Waals surface area contributed by atoms with Gasteiger partial charge in [-0.1, -0.05) is 6.07 Å².